The van der Waals surface area contributed by atoms with Gasteiger partial charge in [-0.2, -0.15) is 4.31 Å². The predicted molar refractivity (Wildman–Crippen MR) is 104 cm³/mol. The lowest BCUT2D eigenvalue weighted by atomic mass is 9.97. The fraction of sp³-hybridized carbons (Fsp3) is 0.588. The molecular weight excluding hydrogens is 415 g/mol. The lowest BCUT2D eigenvalue weighted by molar-refractivity contribution is -0.126. The first-order chi connectivity index (χ1) is 12.9. The lowest BCUT2D eigenvalue weighted by Crippen LogP contribution is -2.43. The molecule has 27 heavy (non-hydrogen) atoms. The fourth-order valence-electron chi connectivity index (χ4n) is 2.81. The van der Waals surface area contributed by atoms with Crippen molar-refractivity contribution in [1.82, 2.24) is 9.62 Å². The van der Waals surface area contributed by atoms with E-state index in [1.165, 1.54) is 16.4 Å². The Balaban J connectivity index is 1.84. The highest BCUT2D eigenvalue weighted by Crippen LogP contribution is 2.30. The number of ether oxygens (including phenoxy) is 2. The van der Waals surface area contributed by atoms with Crippen LogP contribution in [-0.4, -0.2) is 65.2 Å². The highest BCUT2D eigenvalue weighted by molar-refractivity contribution is 7.89. The number of sulfonamides is 1. The van der Waals surface area contributed by atoms with Crippen LogP contribution in [0.3, 0.4) is 0 Å². The van der Waals surface area contributed by atoms with Crippen LogP contribution in [-0.2, 0) is 24.3 Å². The van der Waals surface area contributed by atoms with Crippen molar-refractivity contribution in [3.63, 3.8) is 0 Å². The smallest absolute Gasteiger partial charge is 0.244 e. The zero-order valence-corrected chi connectivity index (χ0v) is 17.4. The van der Waals surface area contributed by atoms with Crippen molar-refractivity contribution in [2.45, 2.75) is 17.7 Å². The molecule has 1 saturated heterocycles. The van der Waals surface area contributed by atoms with E-state index < -0.39 is 10.0 Å². The molecule has 1 fully saturated rings. The molecule has 7 nitrogen and oxygen atoms in total. The topological polar surface area (TPSA) is 84.9 Å². The minimum Gasteiger partial charge on any atom is -0.382 e. The number of halogens is 2. The largest absolute Gasteiger partial charge is 0.382 e. The maximum absolute atomic E-state index is 12.8. The highest BCUT2D eigenvalue weighted by Gasteiger charge is 2.33. The van der Waals surface area contributed by atoms with Gasteiger partial charge in [-0.25, -0.2) is 8.42 Å². The quantitative estimate of drug-likeness (QED) is 0.597. The molecule has 1 heterocycles. The third kappa shape index (κ3) is 6.30. The summed E-state index contributed by atoms with van der Waals surface area (Å²) in [5, 5.41) is 3.26. The molecule has 0 atom stereocenters. The molecule has 1 aliphatic heterocycles. The van der Waals surface area contributed by atoms with E-state index >= 15 is 0 Å². The number of amides is 1. The van der Waals surface area contributed by atoms with Gasteiger partial charge in [0.2, 0.25) is 15.9 Å². The second kappa shape index (κ2) is 10.6. The van der Waals surface area contributed by atoms with Crippen molar-refractivity contribution in [3.05, 3.63) is 28.2 Å². The molecule has 0 spiro atoms. The first kappa shape index (κ1) is 22.4. The van der Waals surface area contributed by atoms with Crippen molar-refractivity contribution in [2.24, 2.45) is 5.92 Å². The van der Waals surface area contributed by atoms with Crippen LogP contribution in [0.1, 0.15) is 12.8 Å². The number of hydrogen-bond donors (Lipinski definition) is 1. The number of carbonyl (C=O) groups is 1. The molecule has 1 aliphatic rings. The lowest BCUT2D eigenvalue weighted by Gasteiger charge is -2.30. The molecule has 0 saturated carbocycles. The Labute approximate surface area is 170 Å². The van der Waals surface area contributed by atoms with Gasteiger partial charge in [0.25, 0.3) is 0 Å². The molecule has 10 heteroatoms. The number of rotatable bonds is 9. The molecule has 0 aromatic heterocycles. The van der Waals surface area contributed by atoms with Gasteiger partial charge in [0.1, 0.15) is 4.90 Å². The van der Waals surface area contributed by atoms with Crippen molar-refractivity contribution in [1.29, 1.82) is 0 Å². The van der Waals surface area contributed by atoms with E-state index in [1.807, 2.05) is 0 Å². The van der Waals surface area contributed by atoms with E-state index in [-0.39, 0.29) is 34.8 Å². The Bertz CT molecular complexity index is 737. The number of carbonyl (C=O) groups excluding carboxylic acids is 1. The number of nitrogens with zero attached hydrogens (tertiary/aromatic N) is 1. The third-order valence-corrected chi connectivity index (χ3v) is 6.93. The minimum atomic E-state index is -3.74. The first-order valence-corrected chi connectivity index (χ1v) is 10.9. The van der Waals surface area contributed by atoms with Crippen LogP contribution in [0.2, 0.25) is 10.0 Å². The van der Waals surface area contributed by atoms with Crippen LogP contribution in [0.15, 0.2) is 23.1 Å². The van der Waals surface area contributed by atoms with Gasteiger partial charge in [0, 0.05) is 37.7 Å². The molecule has 1 N–H and O–H groups in total. The van der Waals surface area contributed by atoms with Crippen LogP contribution >= 0.6 is 23.2 Å². The number of piperidine rings is 1. The summed E-state index contributed by atoms with van der Waals surface area (Å²) in [6.07, 6.45) is 0.904. The van der Waals surface area contributed by atoms with Crippen LogP contribution in [0.4, 0.5) is 0 Å². The molecule has 1 amide bonds. The first-order valence-electron chi connectivity index (χ1n) is 8.66. The van der Waals surface area contributed by atoms with Crippen molar-refractivity contribution >= 4 is 39.1 Å². The summed E-state index contributed by atoms with van der Waals surface area (Å²) in [4.78, 5) is 12.2. The predicted octanol–water partition coefficient (Wildman–Crippen LogP) is 2.17. The molecule has 0 unspecified atom stereocenters. The van der Waals surface area contributed by atoms with E-state index in [9.17, 15) is 13.2 Å². The van der Waals surface area contributed by atoms with E-state index in [2.05, 4.69) is 5.32 Å². The molecule has 0 bridgehead atoms. The van der Waals surface area contributed by atoms with Gasteiger partial charge in [-0.05, 0) is 31.0 Å². The average molecular weight is 439 g/mol. The Kier molecular flexibility index (Phi) is 8.78. The molecule has 2 rings (SSSR count). The van der Waals surface area contributed by atoms with Crippen LogP contribution in [0.5, 0.6) is 0 Å². The number of benzene rings is 1. The van der Waals surface area contributed by atoms with Gasteiger partial charge in [-0.3, -0.25) is 4.79 Å². The summed E-state index contributed by atoms with van der Waals surface area (Å²) in [6, 6.07) is 4.35. The van der Waals surface area contributed by atoms with Crippen LogP contribution in [0.25, 0.3) is 0 Å². The zero-order valence-electron chi connectivity index (χ0n) is 15.1. The molecule has 1 aromatic carbocycles. The summed E-state index contributed by atoms with van der Waals surface area (Å²) in [5.41, 5.74) is 0. The second-order valence-corrected chi connectivity index (χ2v) is 8.90. The van der Waals surface area contributed by atoms with Crippen molar-refractivity contribution < 1.29 is 22.7 Å². The maximum Gasteiger partial charge on any atom is 0.244 e. The Morgan fingerprint density at radius 3 is 2.59 bits per heavy atom. The van der Waals surface area contributed by atoms with Gasteiger partial charge < -0.3 is 14.8 Å². The summed E-state index contributed by atoms with van der Waals surface area (Å²) < 4.78 is 37.1. The number of methoxy groups -OCH3 is 1. The monoisotopic (exact) mass is 438 g/mol. The Hall–Kier alpha value is -0.900. The molecule has 1 aromatic rings. The molecule has 0 radical (unpaired) electrons. The second-order valence-electron chi connectivity index (χ2n) is 6.15. The number of hydrogen-bond acceptors (Lipinski definition) is 5. The van der Waals surface area contributed by atoms with E-state index in [4.69, 9.17) is 32.7 Å². The fourth-order valence-corrected chi connectivity index (χ4v) is 5.01. The van der Waals surface area contributed by atoms with E-state index in [0.717, 1.165) is 0 Å². The number of nitrogens with one attached hydrogen (secondary N) is 1. The van der Waals surface area contributed by atoms with Gasteiger partial charge in [-0.15, -0.1) is 0 Å². The van der Waals surface area contributed by atoms with E-state index in [1.54, 1.807) is 13.2 Å². The molecular formula is C17H24Cl2N2O5S. The normalized spacial score (nSPS) is 16.4. The minimum absolute atomic E-state index is 0.00669. The molecule has 152 valence electrons. The summed E-state index contributed by atoms with van der Waals surface area (Å²) in [5.74, 6) is -0.298. The summed E-state index contributed by atoms with van der Waals surface area (Å²) in [6.45, 7) is 2.34. The van der Waals surface area contributed by atoms with Crippen molar-refractivity contribution in [2.75, 3.05) is 46.6 Å². The van der Waals surface area contributed by atoms with Gasteiger partial charge in [0.05, 0.1) is 24.8 Å². The summed E-state index contributed by atoms with van der Waals surface area (Å²) in [7, 11) is -2.15. The van der Waals surface area contributed by atoms with Gasteiger partial charge in [-0.1, -0.05) is 23.2 Å². The Morgan fingerprint density at radius 1 is 1.22 bits per heavy atom. The summed E-state index contributed by atoms with van der Waals surface area (Å²) >= 11 is 11.9. The maximum atomic E-state index is 12.8. The van der Waals surface area contributed by atoms with Crippen LogP contribution < -0.4 is 5.32 Å². The van der Waals surface area contributed by atoms with Crippen LogP contribution in [0, 0.1) is 5.92 Å². The Morgan fingerprint density at radius 2 is 1.93 bits per heavy atom. The average Bonchev–Trinajstić information content (AvgIpc) is 2.66. The third-order valence-electron chi connectivity index (χ3n) is 4.31. The highest BCUT2D eigenvalue weighted by atomic mass is 35.5. The van der Waals surface area contributed by atoms with E-state index in [0.29, 0.717) is 44.2 Å². The van der Waals surface area contributed by atoms with Gasteiger partial charge in [0.15, 0.2) is 0 Å². The zero-order chi connectivity index (χ0) is 19.9. The van der Waals surface area contributed by atoms with Gasteiger partial charge >= 0.3 is 0 Å². The standard InChI is InChI=1S/C17H24Cl2N2O5S/c1-25-10-11-26-9-6-20-17(22)13-4-7-21(8-5-13)27(23,24)16-12-14(18)2-3-15(16)19/h2-3,12-13H,4-11H2,1H3,(H,20,22). The van der Waals surface area contributed by atoms with Crippen molar-refractivity contribution in [3.8, 4) is 0 Å². The molecule has 0 aliphatic carbocycles. The SMILES string of the molecule is COCCOCCNC(=O)C1CCN(S(=O)(=O)c2cc(Cl)ccc2Cl)CC1.